The van der Waals surface area contributed by atoms with Gasteiger partial charge in [-0.15, -0.1) is 0 Å². The summed E-state index contributed by atoms with van der Waals surface area (Å²) in [6.07, 6.45) is -15.7. The maximum Gasteiger partial charge on any atom is 0.422 e. The fraction of sp³-hybridized carbons (Fsp3) is 1.00. The van der Waals surface area contributed by atoms with Crippen LogP contribution in [-0.2, 0) is 0 Å². The van der Waals surface area contributed by atoms with E-state index in [-0.39, 0.29) is 6.92 Å². The second kappa shape index (κ2) is 3.00. The van der Waals surface area contributed by atoms with Crippen LogP contribution in [0, 0.1) is 0 Å². The highest BCUT2D eigenvalue weighted by atomic mass is 19.4. The Bertz CT molecular complexity index is 178. The minimum absolute atomic E-state index is 0.273. The van der Waals surface area contributed by atoms with Crippen molar-refractivity contribution in [2.24, 2.45) is 0 Å². The van der Waals surface area contributed by atoms with Crippen molar-refractivity contribution < 1.29 is 35.8 Å². The minimum Gasteiger partial charge on any atom is -0.378 e. The molecule has 0 saturated heterocycles. The number of hydrogen-bond acceptors (Lipinski definition) is 1. The molecule has 0 saturated carbocycles. The van der Waals surface area contributed by atoms with Gasteiger partial charge in [-0.05, 0) is 6.92 Å². The summed E-state index contributed by atoms with van der Waals surface area (Å²) < 4.78 is 81.3. The van der Waals surface area contributed by atoms with Gasteiger partial charge in [0.05, 0.1) is 0 Å². The standard InChI is InChI=1S/C5H5F7O/c1-3(13,5(10,11)12)2(6)4(7,8)9/h2,13H,1H3. The maximum atomic E-state index is 12.1. The number of alkyl halides is 7. The third kappa shape index (κ3) is 2.45. The molecule has 0 bridgehead atoms. The zero-order valence-corrected chi connectivity index (χ0v) is 6.17. The Morgan fingerprint density at radius 1 is 1.00 bits per heavy atom. The van der Waals surface area contributed by atoms with Crippen molar-refractivity contribution in [3.05, 3.63) is 0 Å². The minimum atomic E-state index is -5.74. The molecule has 80 valence electrons. The van der Waals surface area contributed by atoms with Crippen molar-refractivity contribution in [2.45, 2.75) is 31.0 Å². The molecule has 0 aliphatic heterocycles. The van der Waals surface area contributed by atoms with Crippen LogP contribution in [0.3, 0.4) is 0 Å². The van der Waals surface area contributed by atoms with Gasteiger partial charge in [0.1, 0.15) is 0 Å². The van der Waals surface area contributed by atoms with Crippen LogP contribution in [0.1, 0.15) is 6.92 Å². The monoisotopic (exact) mass is 214 g/mol. The molecule has 2 atom stereocenters. The highest BCUT2D eigenvalue weighted by molar-refractivity contribution is 4.93. The fourth-order valence-corrected chi connectivity index (χ4v) is 0.462. The molecule has 0 aromatic carbocycles. The lowest BCUT2D eigenvalue weighted by molar-refractivity contribution is -0.319. The van der Waals surface area contributed by atoms with E-state index >= 15 is 0 Å². The molecular formula is C5H5F7O. The molecule has 0 heterocycles. The number of aliphatic hydroxyl groups is 1. The van der Waals surface area contributed by atoms with Gasteiger partial charge in [-0.2, -0.15) is 26.3 Å². The summed E-state index contributed by atoms with van der Waals surface area (Å²) in [5, 5.41) is 8.24. The first-order chi connectivity index (χ1) is 5.40. The van der Waals surface area contributed by atoms with E-state index in [1.54, 1.807) is 0 Å². The van der Waals surface area contributed by atoms with Gasteiger partial charge < -0.3 is 5.11 Å². The Morgan fingerprint density at radius 3 is 1.38 bits per heavy atom. The molecule has 0 spiro atoms. The second-order valence-corrected chi connectivity index (χ2v) is 2.55. The van der Waals surface area contributed by atoms with Crippen molar-refractivity contribution in [1.29, 1.82) is 0 Å². The van der Waals surface area contributed by atoms with E-state index in [1.165, 1.54) is 0 Å². The Labute approximate surface area is 68.2 Å². The Morgan fingerprint density at radius 2 is 1.31 bits per heavy atom. The predicted molar refractivity (Wildman–Crippen MR) is 27.6 cm³/mol. The number of rotatable bonds is 1. The van der Waals surface area contributed by atoms with Crippen molar-refractivity contribution >= 4 is 0 Å². The van der Waals surface area contributed by atoms with E-state index in [0.29, 0.717) is 0 Å². The van der Waals surface area contributed by atoms with Crippen LogP contribution >= 0.6 is 0 Å². The Balaban J connectivity index is 4.86. The Hall–Kier alpha value is -0.530. The maximum absolute atomic E-state index is 12.1. The lowest BCUT2D eigenvalue weighted by atomic mass is 9.99. The van der Waals surface area contributed by atoms with Crippen LogP contribution in [0.5, 0.6) is 0 Å². The molecule has 0 aromatic rings. The average molecular weight is 214 g/mol. The van der Waals surface area contributed by atoms with Crippen molar-refractivity contribution in [3.8, 4) is 0 Å². The third-order valence-corrected chi connectivity index (χ3v) is 1.35. The van der Waals surface area contributed by atoms with Crippen LogP contribution in [-0.4, -0.2) is 29.2 Å². The summed E-state index contributed by atoms with van der Waals surface area (Å²) in [5.74, 6) is 0. The summed E-state index contributed by atoms with van der Waals surface area (Å²) in [7, 11) is 0. The molecule has 0 aliphatic carbocycles. The van der Waals surface area contributed by atoms with Crippen LogP contribution < -0.4 is 0 Å². The highest BCUT2D eigenvalue weighted by Crippen LogP contribution is 2.40. The largest absolute Gasteiger partial charge is 0.422 e. The van der Waals surface area contributed by atoms with Crippen molar-refractivity contribution in [1.82, 2.24) is 0 Å². The van der Waals surface area contributed by atoms with E-state index in [4.69, 9.17) is 5.11 Å². The summed E-state index contributed by atoms with van der Waals surface area (Å²) in [6, 6.07) is 0. The van der Waals surface area contributed by atoms with Crippen molar-refractivity contribution in [2.75, 3.05) is 0 Å². The summed E-state index contributed by atoms with van der Waals surface area (Å²) in [6.45, 7) is -0.273. The molecule has 1 N–H and O–H groups in total. The first-order valence-corrected chi connectivity index (χ1v) is 2.90. The highest BCUT2D eigenvalue weighted by Gasteiger charge is 2.64. The number of halogens is 7. The van der Waals surface area contributed by atoms with Gasteiger partial charge in [0.25, 0.3) is 0 Å². The second-order valence-electron chi connectivity index (χ2n) is 2.55. The van der Waals surface area contributed by atoms with Gasteiger partial charge in [-0.1, -0.05) is 0 Å². The summed E-state index contributed by atoms with van der Waals surface area (Å²) in [4.78, 5) is 0. The van der Waals surface area contributed by atoms with Gasteiger partial charge in [-0.3, -0.25) is 0 Å². The normalized spacial score (nSPS) is 21.0. The van der Waals surface area contributed by atoms with E-state index in [2.05, 4.69) is 0 Å². The van der Waals surface area contributed by atoms with E-state index < -0.39 is 24.1 Å². The summed E-state index contributed by atoms with van der Waals surface area (Å²) in [5.41, 5.74) is -4.41. The molecule has 0 aliphatic rings. The van der Waals surface area contributed by atoms with Crippen LogP contribution in [0.25, 0.3) is 0 Å². The molecule has 0 aromatic heterocycles. The lowest BCUT2D eigenvalue weighted by Crippen LogP contribution is -2.55. The molecule has 0 amide bonds. The molecule has 0 radical (unpaired) electrons. The van der Waals surface area contributed by atoms with Crippen LogP contribution in [0.15, 0.2) is 0 Å². The molecule has 0 rings (SSSR count). The zero-order valence-electron chi connectivity index (χ0n) is 6.17. The number of hydrogen-bond donors (Lipinski definition) is 1. The van der Waals surface area contributed by atoms with Crippen LogP contribution in [0.2, 0.25) is 0 Å². The van der Waals surface area contributed by atoms with E-state index in [0.717, 1.165) is 0 Å². The molecular weight excluding hydrogens is 209 g/mol. The first kappa shape index (κ1) is 12.5. The van der Waals surface area contributed by atoms with E-state index in [1.807, 2.05) is 0 Å². The van der Waals surface area contributed by atoms with Gasteiger partial charge in [0, 0.05) is 0 Å². The zero-order chi connectivity index (χ0) is 11.1. The predicted octanol–water partition coefficient (Wildman–Crippen LogP) is 2.20. The third-order valence-electron chi connectivity index (χ3n) is 1.35. The SMILES string of the molecule is CC(O)(C(F)C(F)(F)F)C(F)(F)F. The first-order valence-electron chi connectivity index (χ1n) is 2.90. The molecule has 0 fully saturated rings. The lowest BCUT2D eigenvalue weighted by Gasteiger charge is -2.30. The van der Waals surface area contributed by atoms with Gasteiger partial charge in [0.2, 0.25) is 6.17 Å². The molecule has 1 nitrogen and oxygen atoms in total. The quantitative estimate of drug-likeness (QED) is 0.663. The van der Waals surface area contributed by atoms with Crippen LogP contribution in [0.4, 0.5) is 30.7 Å². The molecule has 13 heavy (non-hydrogen) atoms. The van der Waals surface area contributed by atoms with Gasteiger partial charge in [0.15, 0.2) is 5.60 Å². The van der Waals surface area contributed by atoms with Gasteiger partial charge in [-0.25, -0.2) is 4.39 Å². The smallest absolute Gasteiger partial charge is 0.378 e. The fourth-order valence-electron chi connectivity index (χ4n) is 0.462. The summed E-state index contributed by atoms with van der Waals surface area (Å²) >= 11 is 0. The Kier molecular flexibility index (Phi) is 2.88. The topological polar surface area (TPSA) is 20.2 Å². The molecule has 2 unspecified atom stereocenters. The average Bonchev–Trinajstić information content (AvgIpc) is 1.81. The van der Waals surface area contributed by atoms with Gasteiger partial charge >= 0.3 is 12.4 Å². The van der Waals surface area contributed by atoms with E-state index in [9.17, 15) is 30.7 Å². The van der Waals surface area contributed by atoms with Crippen molar-refractivity contribution in [3.63, 3.8) is 0 Å². The molecule has 8 heteroatoms.